The first-order valence-electron chi connectivity index (χ1n) is 5.24. The molecule has 4 nitrogen and oxygen atoms in total. The zero-order valence-electron chi connectivity index (χ0n) is 10.1. The molecular weight excluding hydrogens is 239 g/mol. The van der Waals surface area contributed by atoms with Crippen molar-refractivity contribution in [3.8, 4) is 0 Å². The van der Waals surface area contributed by atoms with Crippen LogP contribution in [0.2, 0.25) is 0 Å². The number of hydrogen-bond donors (Lipinski definition) is 1. The van der Waals surface area contributed by atoms with Crippen molar-refractivity contribution in [2.45, 2.75) is 32.5 Å². The summed E-state index contributed by atoms with van der Waals surface area (Å²) in [4.78, 5) is 20.4. The van der Waals surface area contributed by atoms with Gasteiger partial charge in [-0.2, -0.15) is 4.89 Å². The van der Waals surface area contributed by atoms with Gasteiger partial charge in [0, 0.05) is 5.56 Å². The van der Waals surface area contributed by atoms with Gasteiger partial charge in [-0.15, -0.1) is 0 Å². The number of benzene rings is 1. The van der Waals surface area contributed by atoms with Gasteiger partial charge < -0.3 is 4.74 Å². The Kier molecular flexibility index (Phi) is 4.38. The Bertz CT molecular complexity index is 417. The fraction of sp³-hybridized carbons (Fsp3) is 0.417. The Balaban J connectivity index is 2.74. The molecule has 0 amide bonds. The van der Waals surface area contributed by atoms with Gasteiger partial charge in [-0.25, -0.2) is 4.79 Å². The number of esters is 1. The molecule has 0 heterocycles. The van der Waals surface area contributed by atoms with E-state index >= 15 is 0 Å². The third kappa shape index (κ3) is 5.07. The smallest absolute Gasteiger partial charge is 0.456 e. The molecule has 0 aliphatic rings. The van der Waals surface area contributed by atoms with Gasteiger partial charge in [-0.1, -0.05) is 12.1 Å². The summed E-state index contributed by atoms with van der Waals surface area (Å²) in [5.41, 5.74) is 0.641. The molecule has 0 aliphatic heterocycles. The van der Waals surface area contributed by atoms with Crippen LogP contribution in [0.4, 0.5) is 0 Å². The van der Waals surface area contributed by atoms with Gasteiger partial charge in [-0.3, -0.25) is 0 Å². The third-order valence-electron chi connectivity index (χ3n) is 1.91. The van der Waals surface area contributed by atoms with Gasteiger partial charge >= 0.3 is 14.0 Å². The molecule has 1 unspecified atom stereocenters. The van der Waals surface area contributed by atoms with Crippen LogP contribution in [-0.2, 0) is 15.5 Å². The minimum atomic E-state index is -2.19. The van der Waals surface area contributed by atoms with Gasteiger partial charge in [0.25, 0.3) is 0 Å². The summed E-state index contributed by atoms with van der Waals surface area (Å²) in [6.45, 7) is 5.40. The molecular formula is C12H16O4P+. The molecule has 1 N–H and O–H groups in total. The number of ether oxygens (including phenoxy) is 1. The molecule has 0 saturated heterocycles. The first-order chi connectivity index (χ1) is 7.78. The van der Waals surface area contributed by atoms with Gasteiger partial charge in [0.2, 0.25) is 6.16 Å². The maximum Gasteiger partial charge on any atom is 0.510 e. The van der Waals surface area contributed by atoms with Crippen molar-refractivity contribution in [3.05, 3.63) is 35.4 Å². The van der Waals surface area contributed by atoms with E-state index in [1.807, 2.05) is 0 Å². The highest BCUT2D eigenvalue weighted by atomic mass is 31.1. The second-order valence-electron chi connectivity index (χ2n) is 4.71. The number of carbonyl (C=O) groups is 1. The zero-order chi connectivity index (χ0) is 13.1. The summed E-state index contributed by atoms with van der Waals surface area (Å²) in [6, 6.07) is 6.51. The highest BCUT2D eigenvalue weighted by molar-refractivity contribution is 7.37. The molecule has 1 aromatic rings. The molecule has 92 valence electrons. The third-order valence-corrected chi connectivity index (χ3v) is 2.54. The maximum atomic E-state index is 11.7. The normalized spacial score (nSPS) is 12.1. The van der Waals surface area contributed by atoms with Crippen LogP contribution >= 0.6 is 8.03 Å². The average Bonchev–Trinajstić information content (AvgIpc) is 2.15. The van der Waals surface area contributed by atoms with Crippen LogP contribution in [-0.4, -0.2) is 16.5 Å². The van der Waals surface area contributed by atoms with Crippen molar-refractivity contribution in [1.29, 1.82) is 0 Å². The Morgan fingerprint density at radius 3 is 2.24 bits per heavy atom. The minimum absolute atomic E-state index is 0.101. The standard InChI is InChI=1S/C12H15O4P/c1-12(2,3)16-11(13)10-6-4-9(5-7-10)8-17(14)15/h4-7H,8H2,1-3H3/p+1. The van der Waals surface area contributed by atoms with Crippen LogP contribution in [0.5, 0.6) is 0 Å². The van der Waals surface area contributed by atoms with Crippen LogP contribution in [0.3, 0.4) is 0 Å². The van der Waals surface area contributed by atoms with E-state index in [4.69, 9.17) is 9.63 Å². The number of hydrogen-bond acceptors (Lipinski definition) is 3. The fourth-order valence-corrected chi connectivity index (χ4v) is 1.76. The summed E-state index contributed by atoms with van der Waals surface area (Å²) in [5, 5.41) is 0. The average molecular weight is 255 g/mol. The van der Waals surface area contributed by atoms with E-state index in [2.05, 4.69) is 0 Å². The Morgan fingerprint density at radius 1 is 1.29 bits per heavy atom. The van der Waals surface area contributed by atoms with Gasteiger partial charge in [0.05, 0.1) is 5.56 Å². The van der Waals surface area contributed by atoms with E-state index in [1.54, 1.807) is 45.0 Å². The maximum absolute atomic E-state index is 11.7. The Hall–Kier alpha value is -1.25. The van der Waals surface area contributed by atoms with E-state index < -0.39 is 19.6 Å². The molecule has 1 rings (SSSR count). The summed E-state index contributed by atoms with van der Waals surface area (Å²) < 4.78 is 15.8. The quantitative estimate of drug-likeness (QED) is 0.666. The topological polar surface area (TPSA) is 63.6 Å². The number of rotatable bonds is 3. The van der Waals surface area contributed by atoms with Crippen LogP contribution in [0, 0.1) is 0 Å². The molecule has 0 bridgehead atoms. The minimum Gasteiger partial charge on any atom is -0.456 e. The molecule has 0 aromatic heterocycles. The molecule has 17 heavy (non-hydrogen) atoms. The second-order valence-corrected chi connectivity index (χ2v) is 5.73. The van der Waals surface area contributed by atoms with Gasteiger partial charge in [-0.05, 0) is 37.5 Å². The van der Waals surface area contributed by atoms with E-state index in [-0.39, 0.29) is 6.16 Å². The molecule has 1 aromatic carbocycles. The highest BCUT2D eigenvalue weighted by Gasteiger charge is 2.18. The predicted octanol–water partition coefficient (Wildman–Crippen LogP) is 2.88. The van der Waals surface area contributed by atoms with Crippen molar-refractivity contribution >= 4 is 14.0 Å². The molecule has 5 heteroatoms. The van der Waals surface area contributed by atoms with Crippen LogP contribution in [0.25, 0.3) is 0 Å². The molecule has 0 aliphatic carbocycles. The summed E-state index contributed by atoms with van der Waals surface area (Å²) in [6.07, 6.45) is 0.101. The predicted molar refractivity (Wildman–Crippen MR) is 65.1 cm³/mol. The lowest BCUT2D eigenvalue weighted by molar-refractivity contribution is 0.00695. The lowest BCUT2D eigenvalue weighted by atomic mass is 10.1. The molecule has 0 saturated carbocycles. The monoisotopic (exact) mass is 255 g/mol. The van der Waals surface area contributed by atoms with Gasteiger partial charge in [0.1, 0.15) is 5.60 Å². The van der Waals surface area contributed by atoms with Crippen molar-refractivity contribution in [2.75, 3.05) is 0 Å². The summed E-state index contributed by atoms with van der Waals surface area (Å²) in [5.74, 6) is -0.391. The van der Waals surface area contributed by atoms with Crippen molar-refractivity contribution in [2.24, 2.45) is 0 Å². The van der Waals surface area contributed by atoms with E-state index in [9.17, 15) is 9.36 Å². The van der Waals surface area contributed by atoms with Crippen molar-refractivity contribution in [3.63, 3.8) is 0 Å². The first-order valence-corrected chi connectivity index (χ1v) is 6.63. The highest BCUT2D eigenvalue weighted by Crippen LogP contribution is 2.21. The molecule has 0 radical (unpaired) electrons. The SMILES string of the molecule is CC(C)(C)OC(=O)c1ccc(C[P+](=O)O)cc1. The van der Waals surface area contributed by atoms with E-state index in [0.717, 1.165) is 5.56 Å². The molecule has 1 atom stereocenters. The van der Waals surface area contributed by atoms with Crippen LogP contribution in [0.1, 0.15) is 36.7 Å². The lowest BCUT2D eigenvalue weighted by Gasteiger charge is -2.19. The van der Waals surface area contributed by atoms with Crippen molar-refractivity contribution in [1.82, 2.24) is 0 Å². The summed E-state index contributed by atoms with van der Waals surface area (Å²) in [7, 11) is -2.19. The van der Waals surface area contributed by atoms with E-state index in [1.165, 1.54) is 0 Å². The van der Waals surface area contributed by atoms with Crippen LogP contribution < -0.4 is 0 Å². The zero-order valence-corrected chi connectivity index (χ0v) is 11.0. The second kappa shape index (κ2) is 5.39. The molecule has 0 spiro atoms. The van der Waals surface area contributed by atoms with Crippen molar-refractivity contribution < 1.29 is 19.0 Å². The Labute approximate surface area is 101 Å². The summed E-state index contributed by atoms with van der Waals surface area (Å²) >= 11 is 0. The van der Waals surface area contributed by atoms with Gasteiger partial charge in [0.15, 0.2) is 0 Å². The largest absolute Gasteiger partial charge is 0.510 e. The fourth-order valence-electron chi connectivity index (χ4n) is 1.24. The van der Waals surface area contributed by atoms with Crippen LogP contribution in [0.15, 0.2) is 24.3 Å². The lowest BCUT2D eigenvalue weighted by Crippen LogP contribution is -2.23. The van der Waals surface area contributed by atoms with E-state index in [0.29, 0.717) is 5.56 Å². The first kappa shape index (κ1) is 13.8. The Morgan fingerprint density at radius 2 is 1.82 bits per heavy atom. The number of carbonyl (C=O) groups excluding carboxylic acids is 1. The molecule has 0 fully saturated rings.